The molecule has 6 nitrogen and oxygen atoms in total. The summed E-state index contributed by atoms with van der Waals surface area (Å²) in [5.41, 5.74) is 1.05. The van der Waals surface area contributed by atoms with Gasteiger partial charge in [0.2, 0.25) is 5.91 Å². The van der Waals surface area contributed by atoms with Crippen LogP contribution in [0.2, 0.25) is 0 Å². The van der Waals surface area contributed by atoms with Crippen LogP contribution in [0.4, 0.5) is 9.18 Å². The van der Waals surface area contributed by atoms with Gasteiger partial charge in [-0.1, -0.05) is 30.3 Å². The van der Waals surface area contributed by atoms with Crippen LogP contribution in [0.15, 0.2) is 54.6 Å². The second-order valence-corrected chi connectivity index (χ2v) is 6.68. The fourth-order valence-corrected chi connectivity index (χ4v) is 2.61. The largest absolute Gasteiger partial charge is 0.494 e. The van der Waals surface area contributed by atoms with Gasteiger partial charge in [-0.25, -0.2) is 9.18 Å². The van der Waals surface area contributed by atoms with E-state index in [1.54, 1.807) is 24.1 Å². The summed E-state index contributed by atoms with van der Waals surface area (Å²) in [5.74, 6) is 0.234. The molecule has 2 N–H and O–H groups in total. The van der Waals surface area contributed by atoms with E-state index in [1.165, 1.54) is 12.1 Å². The van der Waals surface area contributed by atoms with Gasteiger partial charge in [0.1, 0.15) is 11.6 Å². The normalized spacial score (nSPS) is 10.3. The highest BCUT2D eigenvalue weighted by molar-refractivity contribution is 5.78. The van der Waals surface area contributed by atoms with Crippen molar-refractivity contribution in [3.05, 3.63) is 66.0 Å². The molecule has 0 bridgehead atoms. The molecular formula is C22H28FN3O3. The lowest BCUT2D eigenvalue weighted by Crippen LogP contribution is -2.38. The van der Waals surface area contributed by atoms with Crippen molar-refractivity contribution in [3.8, 4) is 5.75 Å². The molecule has 0 fully saturated rings. The number of carbonyl (C=O) groups excluding carboxylic acids is 2. The number of hydrogen-bond acceptors (Lipinski definition) is 3. The molecular weight excluding hydrogens is 373 g/mol. The summed E-state index contributed by atoms with van der Waals surface area (Å²) < 4.78 is 18.3. The van der Waals surface area contributed by atoms with Gasteiger partial charge in [-0.15, -0.1) is 0 Å². The lowest BCUT2D eigenvalue weighted by molar-refractivity contribution is -0.120. The number of carbonyl (C=O) groups is 2. The van der Waals surface area contributed by atoms with E-state index in [0.717, 1.165) is 18.4 Å². The number of hydrogen-bond donors (Lipinski definition) is 2. The Bertz CT molecular complexity index is 754. The Hall–Kier alpha value is -3.09. The lowest BCUT2D eigenvalue weighted by atomic mass is 10.2. The minimum atomic E-state index is -0.293. The standard InChI is InChI=1S/C22H28FN3O3/c1-26(17-18-7-3-2-4-8-18)22(28)25-15-13-21(27)24-14-5-6-16-29-20-11-9-19(23)10-12-20/h2-4,7-12H,5-6,13-17H2,1H3,(H,24,27)(H,25,28). The number of benzene rings is 2. The molecule has 0 aliphatic carbocycles. The Labute approximate surface area is 171 Å². The first-order chi connectivity index (χ1) is 14.0. The van der Waals surface area contributed by atoms with Crippen molar-refractivity contribution in [3.63, 3.8) is 0 Å². The molecule has 156 valence electrons. The molecule has 0 aliphatic rings. The van der Waals surface area contributed by atoms with Crippen molar-refractivity contribution in [1.82, 2.24) is 15.5 Å². The summed E-state index contributed by atoms with van der Waals surface area (Å²) in [6, 6.07) is 15.4. The van der Waals surface area contributed by atoms with E-state index in [4.69, 9.17) is 4.74 Å². The van der Waals surface area contributed by atoms with Crippen LogP contribution in [0.3, 0.4) is 0 Å². The zero-order chi connectivity index (χ0) is 20.9. The minimum Gasteiger partial charge on any atom is -0.494 e. The summed E-state index contributed by atoms with van der Waals surface area (Å²) in [7, 11) is 1.72. The van der Waals surface area contributed by atoms with Crippen molar-refractivity contribution in [1.29, 1.82) is 0 Å². The minimum absolute atomic E-state index is 0.101. The maximum atomic E-state index is 12.8. The van der Waals surface area contributed by atoms with Crippen molar-refractivity contribution in [2.24, 2.45) is 0 Å². The summed E-state index contributed by atoms with van der Waals surface area (Å²) in [5, 5.41) is 5.57. The quantitative estimate of drug-likeness (QED) is 0.568. The van der Waals surface area contributed by atoms with Gasteiger partial charge in [0.15, 0.2) is 0 Å². The van der Waals surface area contributed by atoms with Gasteiger partial charge in [-0.2, -0.15) is 0 Å². The molecule has 0 heterocycles. The number of ether oxygens (including phenoxy) is 1. The van der Waals surface area contributed by atoms with Crippen LogP contribution in [-0.2, 0) is 11.3 Å². The molecule has 0 aliphatic heterocycles. The Morgan fingerprint density at radius 2 is 1.69 bits per heavy atom. The summed E-state index contributed by atoms with van der Waals surface area (Å²) >= 11 is 0. The first-order valence-corrected chi connectivity index (χ1v) is 9.72. The van der Waals surface area contributed by atoms with Gasteiger partial charge in [-0.05, 0) is 42.7 Å². The zero-order valence-electron chi connectivity index (χ0n) is 16.7. The second kappa shape index (κ2) is 12.4. The number of rotatable bonds is 11. The van der Waals surface area contributed by atoms with Crippen molar-refractivity contribution in [2.75, 3.05) is 26.7 Å². The van der Waals surface area contributed by atoms with E-state index >= 15 is 0 Å². The van der Waals surface area contributed by atoms with Gasteiger partial charge in [0, 0.05) is 33.1 Å². The Morgan fingerprint density at radius 3 is 2.41 bits per heavy atom. The summed E-state index contributed by atoms with van der Waals surface area (Å²) in [6.45, 7) is 1.86. The van der Waals surface area contributed by atoms with E-state index in [0.29, 0.717) is 25.4 Å². The maximum Gasteiger partial charge on any atom is 0.317 e. The van der Waals surface area contributed by atoms with Crippen LogP contribution in [0.25, 0.3) is 0 Å². The smallest absolute Gasteiger partial charge is 0.317 e. The Kier molecular flexibility index (Phi) is 9.48. The lowest BCUT2D eigenvalue weighted by Gasteiger charge is -2.18. The molecule has 0 unspecified atom stereocenters. The molecule has 2 aromatic carbocycles. The second-order valence-electron chi connectivity index (χ2n) is 6.68. The van der Waals surface area contributed by atoms with E-state index in [2.05, 4.69) is 10.6 Å². The number of nitrogens with zero attached hydrogens (tertiary/aromatic N) is 1. The highest BCUT2D eigenvalue weighted by Crippen LogP contribution is 2.11. The monoisotopic (exact) mass is 401 g/mol. The molecule has 3 amide bonds. The van der Waals surface area contributed by atoms with Crippen LogP contribution in [0.1, 0.15) is 24.8 Å². The molecule has 0 radical (unpaired) electrons. The number of halogens is 1. The third kappa shape index (κ3) is 9.10. The van der Waals surface area contributed by atoms with Gasteiger partial charge >= 0.3 is 6.03 Å². The number of urea groups is 1. The topological polar surface area (TPSA) is 70.7 Å². The molecule has 0 spiro atoms. The van der Waals surface area contributed by atoms with Crippen molar-refractivity contribution < 1.29 is 18.7 Å². The molecule has 2 rings (SSSR count). The third-order valence-electron chi connectivity index (χ3n) is 4.21. The summed E-state index contributed by atoms with van der Waals surface area (Å²) in [6.07, 6.45) is 1.79. The predicted octanol–water partition coefficient (Wildman–Crippen LogP) is 3.33. The fraction of sp³-hybridized carbons (Fsp3) is 0.364. The number of unbranched alkanes of at least 4 members (excludes halogenated alkanes) is 1. The molecule has 0 atom stereocenters. The van der Waals surface area contributed by atoms with E-state index < -0.39 is 0 Å². The number of amides is 3. The first kappa shape index (κ1) is 22.2. The van der Waals surface area contributed by atoms with E-state index in [9.17, 15) is 14.0 Å². The van der Waals surface area contributed by atoms with Gasteiger partial charge < -0.3 is 20.3 Å². The Morgan fingerprint density at radius 1 is 0.966 bits per heavy atom. The Balaban J connectivity index is 1.48. The van der Waals surface area contributed by atoms with Crippen LogP contribution in [-0.4, -0.2) is 43.6 Å². The fourth-order valence-electron chi connectivity index (χ4n) is 2.61. The summed E-state index contributed by atoms with van der Waals surface area (Å²) in [4.78, 5) is 25.5. The molecule has 0 aromatic heterocycles. The first-order valence-electron chi connectivity index (χ1n) is 9.72. The molecule has 2 aromatic rings. The highest BCUT2D eigenvalue weighted by atomic mass is 19.1. The van der Waals surface area contributed by atoms with E-state index in [1.807, 2.05) is 30.3 Å². The average molecular weight is 401 g/mol. The predicted molar refractivity (Wildman–Crippen MR) is 110 cm³/mol. The zero-order valence-corrected chi connectivity index (χ0v) is 16.7. The van der Waals surface area contributed by atoms with Crippen molar-refractivity contribution in [2.45, 2.75) is 25.8 Å². The maximum absolute atomic E-state index is 12.8. The van der Waals surface area contributed by atoms with Crippen molar-refractivity contribution >= 4 is 11.9 Å². The number of nitrogens with one attached hydrogen (secondary N) is 2. The SMILES string of the molecule is CN(Cc1ccccc1)C(=O)NCCC(=O)NCCCCOc1ccc(F)cc1. The third-order valence-corrected chi connectivity index (χ3v) is 4.21. The molecule has 29 heavy (non-hydrogen) atoms. The van der Waals surface area contributed by atoms with Crippen LogP contribution in [0, 0.1) is 5.82 Å². The van der Waals surface area contributed by atoms with Crippen LogP contribution in [0.5, 0.6) is 5.75 Å². The van der Waals surface area contributed by atoms with Gasteiger partial charge in [-0.3, -0.25) is 4.79 Å². The van der Waals surface area contributed by atoms with Gasteiger partial charge in [0.25, 0.3) is 0 Å². The van der Waals surface area contributed by atoms with E-state index in [-0.39, 0.29) is 30.7 Å². The van der Waals surface area contributed by atoms with Gasteiger partial charge in [0.05, 0.1) is 6.61 Å². The molecule has 7 heteroatoms. The molecule has 0 saturated carbocycles. The van der Waals surface area contributed by atoms with Crippen LogP contribution >= 0.6 is 0 Å². The molecule has 0 saturated heterocycles. The van der Waals surface area contributed by atoms with Crippen LogP contribution < -0.4 is 15.4 Å². The highest BCUT2D eigenvalue weighted by Gasteiger charge is 2.09. The average Bonchev–Trinajstić information content (AvgIpc) is 2.72.